The molecule has 5 heteroatoms. The predicted octanol–water partition coefficient (Wildman–Crippen LogP) is 3.20. The molecule has 5 nitrogen and oxygen atoms in total. The molecule has 0 fully saturated rings. The third-order valence-corrected chi connectivity index (χ3v) is 4.08. The van der Waals surface area contributed by atoms with Gasteiger partial charge in [0.15, 0.2) is 0 Å². The van der Waals surface area contributed by atoms with Crippen molar-refractivity contribution >= 4 is 17.5 Å². The summed E-state index contributed by atoms with van der Waals surface area (Å²) >= 11 is 0. The van der Waals surface area contributed by atoms with Crippen LogP contribution < -0.4 is 10.7 Å². The zero-order valence-electron chi connectivity index (χ0n) is 13.7. The van der Waals surface area contributed by atoms with Crippen molar-refractivity contribution in [1.29, 1.82) is 0 Å². The summed E-state index contributed by atoms with van der Waals surface area (Å²) in [6.07, 6.45) is 2.12. The fourth-order valence-electron chi connectivity index (χ4n) is 2.76. The van der Waals surface area contributed by atoms with Crippen LogP contribution in [-0.4, -0.2) is 23.4 Å². The van der Waals surface area contributed by atoms with Crippen molar-refractivity contribution < 1.29 is 9.59 Å². The topological polar surface area (TPSA) is 61.4 Å². The highest BCUT2D eigenvalue weighted by Gasteiger charge is 2.27. The molecule has 2 N–H and O–H groups in total. The Kier molecular flexibility index (Phi) is 4.79. The summed E-state index contributed by atoms with van der Waals surface area (Å²) in [5.41, 5.74) is 5.52. The molecule has 0 atom stereocenters. The summed E-state index contributed by atoms with van der Waals surface area (Å²) in [5, 5.41) is 4.68. The normalized spacial score (nSPS) is 13.2. The Hall–Kier alpha value is -2.82. The zero-order valence-corrected chi connectivity index (χ0v) is 13.7. The maximum Gasteiger partial charge on any atom is 0.274 e. The molecule has 0 saturated heterocycles. The molecule has 1 heterocycles. The van der Waals surface area contributed by atoms with Crippen molar-refractivity contribution in [2.24, 2.45) is 0 Å². The number of nitrogens with one attached hydrogen (secondary N) is 2. The Labute approximate surface area is 141 Å². The number of nitrogens with zero attached hydrogens (tertiary/aromatic N) is 1. The first-order chi connectivity index (χ1) is 11.7. The maximum atomic E-state index is 12.9. The Morgan fingerprint density at radius 2 is 1.92 bits per heavy atom. The van der Waals surface area contributed by atoms with Crippen LogP contribution in [0, 0.1) is 0 Å². The van der Waals surface area contributed by atoms with Gasteiger partial charge in [0, 0.05) is 17.8 Å². The molecule has 0 aliphatic carbocycles. The van der Waals surface area contributed by atoms with E-state index in [1.54, 1.807) is 12.1 Å². The molecule has 124 valence electrons. The van der Waals surface area contributed by atoms with Crippen molar-refractivity contribution in [2.75, 3.05) is 11.9 Å². The van der Waals surface area contributed by atoms with E-state index >= 15 is 0 Å². The Balaban J connectivity index is 1.82. The standard InChI is InChI=1S/C19H21N3O2/c1-2-3-12-20-17-11-7-6-10-16(17)19(24)22-13-14-8-4-5-9-15(14)18(23)21-22/h4-11,20H,2-3,12-13H2,1H3,(H,21,23). The van der Waals surface area contributed by atoms with E-state index in [1.807, 2.05) is 36.4 Å². The first-order valence-corrected chi connectivity index (χ1v) is 8.24. The van der Waals surface area contributed by atoms with Crippen LogP contribution in [-0.2, 0) is 6.54 Å². The fourth-order valence-corrected chi connectivity index (χ4v) is 2.76. The van der Waals surface area contributed by atoms with E-state index in [0.717, 1.165) is 30.6 Å². The minimum atomic E-state index is -0.248. The molecule has 1 aliphatic rings. The molecule has 0 unspecified atom stereocenters. The minimum absolute atomic E-state index is 0.211. The summed E-state index contributed by atoms with van der Waals surface area (Å²) in [7, 11) is 0. The number of amides is 2. The average Bonchev–Trinajstić information content (AvgIpc) is 2.62. The number of benzene rings is 2. The van der Waals surface area contributed by atoms with E-state index < -0.39 is 0 Å². The van der Waals surface area contributed by atoms with Crippen LogP contribution in [0.25, 0.3) is 0 Å². The van der Waals surface area contributed by atoms with E-state index in [-0.39, 0.29) is 11.8 Å². The van der Waals surface area contributed by atoms with Gasteiger partial charge in [0.2, 0.25) is 0 Å². The lowest BCUT2D eigenvalue weighted by atomic mass is 10.0. The van der Waals surface area contributed by atoms with Crippen molar-refractivity contribution in [1.82, 2.24) is 10.4 Å². The Bertz CT molecular complexity index is 758. The highest BCUT2D eigenvalue weighted by atomic mass is 16.2. The number of carbonyl (C=O) groups is 2. The average molecular weight is 323 g/mol. The second-order valence-corrected chi connectivity index (χ2v) is 5.82. The van der Waals surface area contributed by atoms with E-state index in [1.165, 1.54) is 5.01 Å². The number of unbranched alkanes of at least 4 members (excludes halogenated alkanes) is 1. The first kappa shape index (κ1) is 16.1. The van der Waals surface area contributed by atoms with Crippen LogP contribution >= 0.6 is 0 Å². The minimum Gasteiger partial charge on any atom is -0.384 e. The molecular formula is C19H21N3O2. The van der Waals surface area contributed by atoms with E-state index in [9.17, 15) is 9.59 Å². The van der Waals surface area contributed by atoms with E-state index in [2.05, 4.69) is 17.7 Å². The quantitative estimate of drug-likeness (QED) is 0.831. The molecular weight excluding hydrogens is 302 g/mol. The molecule has 3 rings (SSSR count). The molecule has 0 spiro atoms. The molecule has 24 heavy (non-hydrogen) atoms. The zero-order chi connectivity index (χ0) is 16.9. The van der Waals surface area contributed by atoms with Crippen LogP contribution in [0.5, 0.6) is 0 Å². The van der Waals surface area contributed by atoms with Gasteiger partial charge in [0.25, 0.3) is 11.8 Å². The van der Waals surface area contributed by atoms with Crippen molar-refractivity contribution in [2.45, 2.75) is 26.3 Å². The highest BCUT2D eigenvalue weighted by Crippen LogP contribution is 2.21. The number of hydrogen-bond acceptors (Lipinski definition) is 3. The van der Waals surface area contributed by atoms with Gasteiger partial charge >= 0.3 is 0 Å². The maximum absolute atomic E-state index is 12.9. The molecule has 2 aromatic carbocycles. The Morgan fingerprint density at radius 3 is 2.75 bits per heavy atom. The fraction of sp³-hybridized carbons (Fsp3) is 0.263. The first-order valence-electron chi connectivity index (χ1n) is 8.24. The molecule has 0 bridgehead atoms. The third-order valence-electron chi connectivity index (χ3n) is 4.08. The smallest absolute Gasteiger partial charge is 0.274 e. The van der Waals surface area contributed by atoms with Gasteiger partial charge in [-0.3, -0.25) is 15.0 Å². The van der Waals surface area contributed by atoms with Crippen LogP contribution in [0.15, 0.2) is 48.5 Å². The monoisotopic (exact) mass is 323 g/mol. The van der Waals surface area contributed by atoms with Crippen LogP contribution in [0.2, 0.25) is 0 Å². The molecule has 0 saturated carbocycles. The van der Waals surface area contributed by atoms with Crippen LogP contribution in [0.1, 0.15) is 46.0 Å². The van der Waals surface area contributed by atoms with E-state index in [4.69, 9.17) is 0 Å². The summed E-state index contributed by atoms with van der Waals surface area (Å²) in [6.45, 7) is 3.31. The van der Waals surface area contributed by atoms with Crippen molar-refractivity contribution in [3.05, 3.63) is 65.2 Å². The molecule has 2 amide bonds. The number of anilines is 1. The van der Waals surface area contributed by atoms with Gasteiger partial charge in [-0.2, -0.15) is 0 Å². The van der Waals surface area contributed by atoms with Gasteiger partial charge in [-0.05, 0) is 30.2 Å². The van der Waals surface area contributed by atoms with Gasteiger partial charge in [-0.1, -0.05) is 43.7 Å². The third kappa shape index (κ3) is 3.25. The van der Waals surface area contributed by atoms with Gasteiger partial charge < -0.3 is 5.32 Å². The van der Waals surface area contributed by atoms with Crippen molar-refractivity contribution in [3.8, 4) is 0 Å². The molecule has 2 aromatic rings. The number of hydrogen-bond donors (Lipinski definition) is 2. The van der Waals surface area contributed by atoms with Crippen LogP contribution in [0.3, 0.4) is 0 Å². The number of para-hydroxylation sites is 1. The second-order valence-electron chi connectivity index (χ2n) is 5.82. The molecule has 0 aromatic heterocycles. The SMILES string of the molecule is CCCCNc1ccccc1C(=O)N1Cc2ccccc2C(=O)N1. The lowest BCUT2D eigenvalue weighted by Crippen LogP contribution is -2.49. The second kappa shape index (κ2) is 7.17. The van der Waals surface area contributed by atoms with Crippen LogP contribution in [0.4, 0.5) is 5.69 Å². The number of rotatable bonds is 5. The summed E-state index contributed by atoms with van der Waals surface area (Å²) < 4.78 is 0. The van der Waals surface area contributed by atoms with Gasteiger partial charge in [-0.25, -0.2) is 5.01 Å². The van der Waals surface area contributed by atoms with E-state index in [0.29, 0.717) is 17.7 Å². The largest absolute Gasteiger partial charge is 0.384 e. The number of hydrazine groups is 1. The van der Waals surface area contributed by atoms with Gasteiger partial charge in [0.1, 0.15) is 0 Å². The summed E-state index contributed by atoms with van der Waals surface area (Å²) in [5.74, 6) is -0.459. The lowest BCUT2D eigenvalue weighted by molar-refractivity contribution is 0.0540. The lowest BCUT2D eigenvalue weighted by Gasteiger charge is -2.29. The highest BCUT2D eigenvalue weighted by molar-refractivity contribution is 6.03. The molecule has 1 aliphatic heterocycles. The Morgan fingerprint density at radius 1 is 1.17 bits per heavy atom. The summed E-state index contributed by atoms with van der Waals surface area (Å²) in [6, 6.07) is 14.7. The van der Waals surface area contributed by atoms with Gasteiger partial charge in [0.05, 0.1) is 12.1 Å². The summed E-state index contributed by atoms with van der Waals surface area (Å²) in [4.78, 5) is 25.1. The number of fused-ring (bicyclic) bond motifs is 1. The predicted molar refractivity (Wildman–Crippen MR) is 93.6 cm³/mol. The van der Waals surface area contributed by atoms with Crippen molar-refractivity contribution in [3.63, 3.8) is 0 Å². The molecule has 0 radical (unpaired) electrons. The van der Waals surface area contributed by atoms with Gasteiger partial charge in [-0.15, -0.1) is 0 Å². The number of carbonyl (C=O) groups excluding carboxylic acids is 2.